The summed E-state index contributed by atoms with van der Waals surface area (Å²) in [6, 6.07) is -13.4. The first-order valence-electron chi connectivity index (χ1n) is 29.2. The Balaban J connectivity index is 6.30. The number of hydrogen-bond donors (Lipinski definition) is 21. The summed E-state index contributed by atoms with van der Waals surface area (Å²) >= 11 is 0. The van der Waals surface area contributed by atoms with Crippen molar-refractivity contribution in [1.29, 1.82) is 5.41 Å². The van der Waals surface area contributed by atoms with Gasteiger partial charge in [-0.15, -0.1) is 0 Å². The van der Waals surface area contributed by atoms with E-state index in [-0.39, 0.29) is 77.0 Å². The van der Waals surface area contributed by atoms with Gasteiger partial charge in [-0.05, 0) is 110 Å². The van der Waals surface area contributed by atoms with Crippen LogP contribution in [0, 0.1) is 17.2 Å². The lowest BCUT2D eigenvalue weighted by molar-refractivity contribution is -0.142. The number of guanidine groups is 1. The molecule has 0 heterocycles. The van der Waals surface area contributed by atoms with E-state index in [4.69, 9.17) is 39.8 Å². The summed E-state index contributed by atoms with van der Waals surface area (Å²) in [5, 5.41) is 48.8. The molecule has 0 aromatic carbocycles. The van der Waals surface area contributed by atoms with Gasteiger partial charge >= 0.3 is 5.97 Å². The molecule has 0 saturated heterocycles. The van der Waals surface area contributed by atoms with E-state index in [1.165, 1.54) is 20.8 Å². The van der Waals surface area contributed by atoms with Crippen molar-refractivity contribution in [2.45, 2.75) is 186 Å². The number of amides is 14. The first kappa shape index (κ1) is 80.2. The van der Waals surface area contributed by atoms with Gasteiger partial charge < -0.3 is 109 Å². The Morgan fingerprint density at radius 1 is 0.371 bits per heavy atom. The Bertz CT molecular complexity index is 2450. The van der Waals surface area contributed by atoms with Crippen LogP contribution in [0.3, 0.4) is 0 Å². The van der Waals surface area contributed by atoms with Crippen LogP contribution in [-0.2, 0) is 71.9 Å². The first-order chi connectivity index (χ1) is 41.7. The summed E-state index contributed by atoms with van der Waals surface area (Å²) in [5.74, 6) is -14.7. The molecule has 0 rings (SSSR count). The van der Waals surface area contributed by atoms with Crippen molar-refractivity contribution in [2.24, 2.45) is 46.2 Å². The van der Waals surface area contributed by atoms with Crippen LogP contribution in [0.1, 0.15) is 126 Å². The molecule has 0 aromatic rings. The van der Waals surface area contributed by atoms with Gasteiger partial charge in [-0.2, -0.15) is 0 Å². The van der Waals surface area contributed by atoms with Gasteiger partial charge in [-0.3, -0.25) is 72.5 Å². The van der Waals surface area contributed by atoms with E-state index in [9.17, 15) is 77.0 Å². The van der Waals surface area contributed by atoms with Crippen LogP contribution < -0.4 is 104 Å². The van der Waals surface area contributed by atoms with Crippen LogP contribution in [0.4, 0.5) is 0 Å². The Morgan fingerprint density at radius 3 is 1.18 bits per heavy atom. The Morgan fingerprint density at radius 2 is 0.730 bits per heavy atom. The van der Waals surface area contributed by atoms with E-state index < -0.39 is 181 Å². The molecule has 0 aromatic heterocycles. The van der Waals surface area contributed by atoms with Crippen molar-refractivity contribution in [2.75, 3.05) is 39.3 Å². The van der Waals surface area contributed by atoms with Gasteiger partial charge in [0.2, 0.25) is 82.7 Å². The van der Waals surface area contributed by atoms with Crippen molar-refractivity contribution in [3.63, 3.8) is 0 Å². The minimum atomic E-state index is -1.49. The number of rotatable bonds is 45. The molecule has 10 atom stereocenters. The van der Waals surface area contributed by atoms with Gasteiger partial charge in [0.1, 0.15) is 60.4 Å². The second-order valence-corrected chi connectivity index (χ2v) is 21.7. The second-order valence-electron chi connectivity index (χ2n) is 21.7. The fourth-order valence-electron chi connectivity index (χ4n) is 8.05. The van der Waals surface area contributed by atoms with E-state index in [1.54, 1.807) is 27.7 Å². The molecule has 0 saturated carbocycles. The topological polar surface area (TPSA) is 613 Å². The lowest BCUT2D eigenvalue weighted by Gasteiger charge is -2.28. The van der Waals surface area contributed by atoms with Gasteiger partial charge in [0.15, 0.2) is 5.96 Å². The summed E-state index contributed by atoms with van der Waals surface area (Å²) < 4.78 is 0. The standard InChI is InChI=1S/C53H96N20O16/c1-26(2)41(72-38(76)23-56)50(86)63-25-40(78)68-34(16-18-36(57)74)47(83)65-30(7)44(80)69-31(13-8-10-20-54)46(82)62-24-39(77)67-32(15-12-22-61-53(59)60)48(84)70-33(14-9-11-21-55)49(85)73-42(27(3)4)51(87)66-28(5)43(79)64-29(6)45(81)71-35(52(88)89)17-19-37(58)75/h26-35,41-42H,8-25,54-56H2,1-7H3,(H2,57,74)(H2,58,75)(H,62,82)(H,63,86)(H,64,79)(H,65,83)(H,66,87)(H,67,77)(H,68,78)(H,69,80)(H,70,84)(H,71,81)(H,72,76)(H,73,85)(H,88,89)(H4,59,60,61)/t28-,29-,30-,31-,32-,33-,34-,35-,41-,42-/m0/s1. The minimum Gasteiger partial charge on any atom is -0.480 e. The Kier molecular flexibility index (Phi) is 38.7. The van der Waals surface area contributed by atoms with Crippen LogP contribution in [0.25, 0.3) is 0 Å². The number of carboxylic acids is 1. The molecule has 504 valence electrons. The van der Waals surface area contributed by atoms with Crippen LogP contribution in [0.5, 0.6) is 0 Å². The smallest absolute Gasteiger partial charge is 0.326 e. The Hall–Kier alpha value is -8.80. The molecule has 36 heteroatoms. The number of carbonyl (C=O) groups is 15. The predicted molar refractivity (Wildman–Crippen MR) is 321 cm³/mol. The molecule has 27 N–H and O–H groups in total. The highest BCUT2D eigenvalue weighted by Gasteiger charge is 2.34. The SMILES string of the molecule is CC(C)[C@H](NC(=O)CN)C(=O)NCC(=O)N[C@@H](CCC(N)=O)C(=O)N[C@@H](C)C(=O)N[C@@H](CCCCN)C(=O)NCC(=O)N[C@@H](CCCNC(=N)N)C(=O)N[C@@H](CCCCN)C(=O)N[C@H](C(=O)N[C@@H](C)C(=O)N[C@@H](C)C(=O)N[C@@H](CCC(N)=O)C(=O)O)C(C)C. The Labute approximate surface area is 516 Å². The lowest BCUT2D eigenvalue weighted by Crippen LogP contribution is -2.60. The van der Waals surface area contributed by atoms with E-state index in [2.05, 4.69) is 69.1 Å². The van der Waals surface area contributed by atoms with Crippen molar-refractivity contribution in [3.05, 3.63) is 0 Å². The molecule has 14 amide bonds. The maximum Gasteiger partial charge on any atom is 0.326 e. The third-order valence-corrected chi connectivity index (χ3v) is 13.2. The van der Waals surface area contributed by atoms with Crippen molar-refractivity contribution in [3.8, 4) is 0 Å². The third kappa shape index (κ3) is 33.8. The molecule has 89 heavy (non-hydrogen) atoms. The molecular weight excluding hydrogens is 1170 g/mol. The molecule has 0 spiro atoms. The maximum atomic E-state index is 14.1. The maximum absolute atomic E-state index is 14.1. The normalized spacial score (nSPS) is 14.3. The highest BCUT2D eigenvalue weighted by Crippen LogP contribution is 2.10. The van der Waals surface area contributed by atoms with Gasteiger partial charge in [-0.25, -0.2) is 4.79 Å². The van der Waals surface area contributed by atoms with Gasteiger partial charge in [-0.1, -0.05) is 27.7 Å². The van der Waals surface area contributed by atoms with Crippen LogP contribution in [-0.4, -0.2) is 199 Å². The molecule has 0 unspecified atom stereocenters. The summed E-state index contributed by atoms with van der Waals surface area (Å²) in [5.41, 5.74) is 32.6. The number of carbonyl (C=O) groups excluding carboxylic acids is 14. The van der Waals surface area contributed by atoms with Gasteiger partial charge in [0.05, 0.1) is 19.6 Å². The zero-order valence-electron chi connectivity index (χ0n) is 51.7. The lowest BCUT2D eigenvalue weighted by atomic mass is 10.0. The number of hydrogen-bond acceptors (Lipinski definition) is 19. The van der Waals surface area contributed by atoms with Gasteiger partial charge in [0, 0.05) is 19.4 Å². The number of aliphatic carboxylic acids is 1. The molecule has 36 nitrogen and oxygen atoms in total. The van der Waals surface area contributed by atoms with Crippen molar-refractivity contribution >= 4 is 94.6 Å². The molecular formula is C53H96N20O16. The van der Waals surface area contributed by atoms with Crippen LogP contribution >= 0.6 is 0 Å². The zero-order chi connectivity index (χ0) is 68.1. The fraction of sp³-hybridized carbons (Fsp3) is 0.698. The number of unbranched alkanes of at least 4 members (excludes halogenated alkanes) is 2. The van der Waals surface area contributed by atoms with Gasteiger partial charge in [0.25, 0.3) is 0 Å². The molecule has 0 bridgehead atoms. The third-order valence-electron chi connectivity index (χ3n) is 13.2. The summed E-state index contributed by atoms with van der Waals surface area (Å²) in [6.07, 6.45) is 0.0321. The molecule has 0 fully saturated rings. The highest BCUT2D eigenvalue weighted by atomic mass is 16.4. The van der Waals surface area contributed by atoms with E-state index in [0.717, 1.165) is 0 Å². The number of primary amides is 2. The summed E-state index contributed by atoms with van der Waals surface area (Å²) in [7, 11) is 0. The molecule has 0 radical (unpaired) electrons. The monoisotopic (exact) mass is 1270 g/mol. The highest BCUT2D eigenvalue weighted by molar-refractivity contribution is 5.99. The van der Waals surface area contributed by atoms with E-state index in [0.29, 0.717) is 25.7 Å². The van der Waals surface area contributed by atoms with Crippen molar-refractivity contribution < 1.29 is 77.0 Å². The number of nitrogens with one attached hydrogen (secondary N) is 14. The van der Waals surface area contributed by atoms with E-state index >= 15 is 0 Å². The summed E-state index contributed by atoms with van der Waals surface area (Å²) in [6.45, 7) is 8.92. The van der Waals surface area contributed by atoms with Crippen LogP contribution in [0.15, 0.2) is 0 Å². The average Bonchev–Trinajstić information content (AvgIpc) is 2.21. The predicted octanol–water partition coefficient (Wildman–Crippen LogP) is -8.47. The first-order valence-corrected chi connectivity index (χ1v) is 29.2. The quantitative estimate of drug-likeness (QED) is 0.0153. The minimum absolute atomic E-state index is 0.0109. The number of carboxylic acid groups (broad SMARTS) is 1. The average molecular weight is 1270 g/mol. The molecule has 0 aliphatic carbocycles. The number of nitrogens with two attached hydrogens (primary N) is 6. The fourth-order valence-corrected chi connectivity index (χ4v) is 8.05. The molecule has 0 aliphatic heterocycles. The van der Waals surface area contributed by atoms with E-state index in [1.807, 2.05) is 0 Å². The second kappa shape index (κ2) is 42.9. The largest absolute Gasteiger partial charge is 0.480 e. The van der Waals surface area contributed by atoms with Crippen molar-refractivity contribution in [1.82, 2.24) is 69.1 Å². The van der Waals surface area contributed by atoms with Crippen LogP contribution in [0.2, 0.25) is 0 Å². The zero-order valence-corrected chi connectivity index (χ0v) is 51.7. The molecule has 0 aliphatic rings. The summed E-state index contributed by atoms with van der Waals surface area (Å²) in [4.78, 5) is 194.